The Kier molecular flexibility index (Phi) is 4.05. The van der Waals surface area contributed by atoms with Gasteiger partial charge in [0.1, 0.15) is 0 Å². The molecule has 1 rings (SSSR count). The van der Waals surface area contributed by atoms with Gasteiger partial charge in [0, 0.05) is 11.6 Å². The van der Waals surface area contributed by atoms with Crippen molar-refractivity contribution >= 4 is 22.0 Å². The van der Waals surface area contributed by atoms with E-state index in [1.54, 1.807) is 7.11 Å². The summed E-state index contributed by atoms with van der Waals surface area (Å²) in [6.07, 6.45) is 4.03. The topological polar surface area (TPSA) is 9.23 Å². The second-order valence-corrected chi connectivity index (χ2v) is 3.32. The van der Waals surface area contributed by atoms with E-state index in [0.29, 0.717) is 6.61 Å². The molecule has 0 aliphatic rings. The van der Waals surface area contributed by atoms with Crippen LogP contribution in [-0.2, 0) is 4.74 Å². The molecule has 0 spiro atoms. The molecular formula is C10H11BrO. The molecule has 0 saturated heterocycles. The number of rotatable bonds is 3. The van der Waals surface area contributed by atoms with Gasteiger partial charge in [0.2, 0.25) is 0 Å². The fraction of sp³-hybridized carbons (Fsp3) is 0.200. The largest absolute Gasteiger partial charge is 0.381 e. The van der Waals surface area contributed by atoms with Crippen LogP contribution in [0.25, 0.3) is 6.08 Å². The van der Waals surface area contributed by atoms with Gasteiger partial charge in [-0.2, -0.15) is 0 Å². The molecule has 0 atom stereocenters. The summed E-state index contributed by atoms with van der Waals surface area (Å²) in [6, 6.07) is 8.14. The molecule has 0 heterocycles. The van der Waals surface area contributed by atoms with Gasteiger partial charge < -0.3 is 4.74 Å². The third-order valence-corrected chi connectivity index (χ3v) is 1.97. The summed E-state index contributed by atoms with van der Waals surface area (Å²) in [7, 11) is 1.69. The molecule has 1 aromatic carbocycles. The lowest BCUT2D eigenvalue weighted by Crippen LogP contribution is -1.80. The molecule has 1 aromatic rings. The van der Waals surface area contributed by atoms with Crippen molar-refractivity contribution in [2.24, 2.45) is 0 Å². The molecule has 0 saturated carbocycles. The van der Waals surface area contributed by atoms with Gasteiger partial charge in [-0.1, -0.05) is 40.2 Å². The number of hydrogen-bond acceptors (Lipinski definition) is 1. The van der Waals surface area contributed by atoms with E-state index in [-0.39, 0.29) is 0 Å². The molecule has 64 valence electrons. The van der Waals surface area contributed by atoms with Gasteiger partial charge in [0.15, 0.2) is 0 Å². The van der Waals surface area contributed by atoms with Crippen LogP contribution in [0.1, 0.15) is 5.56 Å². The van der Waals surface area contributed by atoms with Crippen molar-refractivity contribution in [3.63, 3.8) is 0 Å². The van der Waals surface area contributed by atoms with Crippen LogP contribution in [0.3, 0.4) is 0 Å². The molecule has 12 heavy (non-hydrogen) atoms. The van der Waals surface area contributed by atoms with E-state index in [2.05, 4.69) is 28.1 Å². The van der Waals surface area contributed by atoms with Gasteiger partial charge in [0.05, 0.1) is 6.61 Å². The Morgan fingerprint density at radius 3 is 2.58 bits per heavy atom. The van der Waals surface area contributed by atoms with Crippen molar-refractivity contribution in [2.45, 2.75) is 0 Å². The quantitative estimate of drug-likeness (QED) is 0.770. The van der Waals surface area contributed by atoms with Crippen LogP contribution in [0.15, 0.2) is 34.8 Å². The van der Waals surface area contributed by atoms with Crippen LogP contribution in [0, 0.1) is 0 Å². The number of methoxy groups -OCH3 is 1. The second-order valence-electron chi connectivity index (χ2n) is 2.41. The van der Waals surface area contributed by atoms with E-state index in [1.165, 1.54) is 5.56 Å². The van der Waals surface area contributed by atoms with E-state index < -0.39 is 0 Å². The Morgan fingerprint density at radius 2 is 2.00 bits per heavy atom. The van der Waals surface area contributed by atoms with Crippen molar-refractivity contribution in [1.82, 2.24) is 0 Å². The van der Waals surface area contributed by atoms with Gasteiger partial charge in [-0.15, -0.1) is 0 Å². The minimum Gasteiger partial charge on any atom is -0.381 e. The summed E-state index contributed by atoms with van der Waals surface area (Å²) in [4.78, 5) is 0. The lowest BCUT2D eigenvalue weighted by molar-refractivity contribution is 0.234. The summed E-state index contributed by atoms with van der Waals surface area (Å²) in [5, 5.41) is 0. The molecule has 0 aliphatic carbocycles. The van der Waals surface area contributed by atoms with Crippen molar-refractivity contribution < 1.29 is 4.74 Å². The fourth-order valence-corrected chi connectivity index (χ4v) is 1.12. The average Bonchev–Trinajstić information content (AvgIpc) is 2.09. The highest BCUT2D eigenvalue weighted by Crippen LogP contribution is 2.11. The maximum Gasteiger partial charge on any atom is 0.0646 e. The zero-order valence-corrected chi connectivity index (χ0v) is 8.54. The van der Waals surface area contributed by atoms with Crippen LogP contribution in [0.4, 0.5) is 0 Å². The first-order chi connectivity index (χ1) is 5.83. The first-order valence-corrected chi connectivity index (χ1v) is 4.53. The molecule has 1 nitrogen and oxygen atoms in total. The first kappa shape index (κ1) is 9.49. The normalized spacial score (nSPS) is 10.8. The lowest BCUT2D eigenvalue weighted by Gasteiger charge is -1.93. The summed E-state index contributed by atoms with van der Waals surface area (Å²) in [5.41, 5.74) is 1.19. The number of ether oxygens (including phenoxy) is 1. The number of halogens is 1. The van der Waals surface area contributed by atoms with Gasteiger partial charge in [-0.25, -0.2) is 0 Å². The summed E-state index contributed by atoms with van der Waals surface area (Å²) in [5.74, 6) is 0. The highest BCUT2D eigenvalue weighted by atomic mass is 79.9. The zero-order valence-electron chi connectivity index (χ0n) is 6.96. The van der Waals surface area contributed by atoms with Gasteiger partial charge in [-0.3, -0.25) is 0 Å². The molecule has 0 radical (unpaired) electrons. The van der Waals surface area contributed by atoms with E-state index in [9.17, 15) is 0 Å². The van der Waals surface area contributed by atoms with Crippen LogP contribution in [-0.4, -0.2) is 13.7 Å². The van der Waals surface area contributed by atoms with Crippen LogP contribution in [0.2, 0.25) is 0 Å². The lowest BCUT2D eigenvalue weighted by atomic mass is 10.2. The SMILES string of the molecule is COCC=Cc1ccc(Br)cc1. The number of benzene rings is 1. The number of hydrogen-bond donors (Lipinski definition) is 0. The predicted molar refractivity (Wildman–Crippen MR) is 55.1 cm³/mol. The molecule has 0 amide bonds. The van der Waals surface area contributed by atoms with Crippen molar-refractivity contribution in [3.05, 3.63) is 40.4 Å². The molecule has 0 fully saturated rings. The van der Waals surface area contributed by atoms with Crippen LogP contribution >= 0.6 is 15.9 Å². The minimum atomic E-state index is 0.663. The Morgan fingerprint density at radius 1 is 1.33 bits per heavy atom. The van der Waals surface area contributed by atoms with Gasteiger partial charge in [-0.05, 0) is 17.7 Å². The van der Waals surface area contributed by atoms with Crippen molar-refractivity contribution in [1.29, 1.82) is 0 Å². The molecule has 0 aliphatic heterocycles. The van der Waals surface area contributed by atoms with Gasteiger partial charge in [0.25, 0.3) is 0 Å². The Labute approximate surface area is 81.2 Å². The van der Waals surface area contributed by atoms with E-state index in [1.807, 2.05) is 24.3 Å². The fourth-order valence-electron chi connectivity index (χ4n) is 0.854. The van der Waals surface area contributed by atoms with Crippen LogP contribution < -0.4 is 0 Å². The third kappa shape index (κ3) is 3.20. The summed E-state index contributed by atoms with van der Waals surface area (Å²) in [6.45, 7) is 0.663. The molecular weight excluding hydrogens is 216 g/mol. The Hall–Kier alpha value is -0.600. The smallest absolute Gasteiger partial charge is 0.0646 e. The molecule has 0 unspecified atom stereocenters. The van der Waals surface area contributed by atoms with E-state index in [0.717, 1.165) is 4.47 Å². The van der Waals surface area contributed by atoms with Crippen molar-refractivity contribution in [2.75, 3.05) is 13.7 Å². The monoisotopic (exact) mass is 226 g/mol. The minimum absolute atomic E-state index is 0.663. The summed E-state index contributed by atoms with van der Waals surface area (Å²) >= 11 is 3.38. The molecule has 0 bridgehead atoms. The predicted octanol–water partition coefficient (Wildman–Crippen LogP) is 3.11. The van der Waals surface area contributed by atoms with Crippen molar-refractivity contribution in [3.8, 4) is 0 Å². The van der Waals surface area contributed by atoms with Crippen LogP contribution in [0.5, 0.6) is 0 Å². The molecule has 0 aromatic heterocycles. The zero-order chi connectivity index (χ0) is 8.81. The van der Waals surface area contributed by atoms with Gasteiger partial charge >= 0.3 is 0 Å². The van der Waals surface area contributed by atoms with E-state index >= 15 is 0 Å². The second kappa shape index (κ2) is 5.12. The third-order valence-electron chi connectivity index (χ3n) is 1.44. The standard InChI is InChI=1S/C10H11BrO/c1-12-8-2-3-9-4-6-10(11)7-5-9/h2-7H,8H2,1H3. The van der Waals surface area contributed by atoms with E-state index in [4.69, 9.17) is 4.74 Å². The maximum atomic E-state index is 4.89. The molecule has 0 N–H and O–H groups in total. The average molecular weight is 227 g/mol. The Bertz CT molecular complexity index is 251. The highest BCUT2D eigenvalue weighted by Gasteiger charge is 1.85. The molecule has 2 heteroatoms. The first-order valence-electron chi connectivity index (χ1n) is 3.74. The maximum absolute atomic E-state index is 4.89. The highest BCUT2D eigenvalue weighted by molar-refractivity contribution is 9.10. The Balaban J connectivity index is 2.58. The summed E-state index contributed by atoms with van der Waals surface area (Å²) < 4.78 is 5.99.